The molecule has 0 aliphatic rings. The van der Waals surface area contributed by atoms with E-state index in [1.54, 1.807) is 30.0 Å². The van der Waals surface area contributed by atoms with Gasteiger partial charge in [0.25, 0.3) is 0 Å². The van der Waals surface area contributed by atoms with Gasteiger partial charge in [0.05, 0.1) is 5.75 Å². The first-order valence-electron chi connectivity index (χ1n) is 10.5. The van der Waals surface area contributed by atoms with E-state index >= 15 is 0 Å². The molecule has 7 heteroatoms. The summed E-state index contributed by atoms with van der Waals surface area (Å²) in [7, 11) is 0. The summed E-state index contributed by atoms with van der Waals surface area (Å²) in [6.45, 7) is 6.25. The third kappa shape index (κ3) is 8.06. The molecule has 4 nitrogen and oxygen atoms in total. The molecule has 2 atom stereocenters. The van der Waals surface area contributed by atoms with Gasteiger partial charge >= 0.3 is 0 Å². The van der Waals surface area contributed by atoms with Gasteiger partial charge in [0, 0.05) is 28.4 Å². The Morgan fingerprint density at radius 3 is 2.29 bits per heavy atom. The van der Waals surface area contributed by atoms with Gasteiger partial charge in [-0.3, -0.25) is 9.59 Å². The molecule has 0 heterocycles. The Morgan fingerprint density at radius 2 is 1.68 bits per heavy atom. The minimum atomic E-state index is -0.547. The van der Waals surface area contributed by atoms with Crippen LogP contribution in [0.5, 0.6) is 0 Å². The van der Waals surface area contributed by atoms with E-state index in [9.17, 15) is 9.59 Å². The topological polar surface area (TPSA) is 49.4 Å². The van der Waals surface area contributed by atoms with Crippen LogP contribution in [0.3, 0.4) is 0 Å². The van der Waals surface area contributed by atoms with Crippen molar-refractivity contribution in [3.8, 4) is 0 Å². The first-order chi connectivity index (χ1) is 14.8. The van der Waals surface area contributed by atoms with Crippen LogP contribution in [0.15, 0.2) is 48.5 Å². The highest BCUT2D eigenvalue weighted by molar-refractivity contribution is 7.99. The predicted octanol–water partition coefficient (Wildman–Crippen LogP) is 5.60. The fourth-order valence-corrected chi connectivity index (χ4v) is 4.68. The van der Waals surface area contributed by atoms with Crippen LogP contribution in [0.4, 0.5) is 0 Å². The molecule has 0 unspecified atom stereocenters. The number of rotatable bonds is 11. The van der Waals surface area contributed by atoms with Crippen LogP contribution in [0.2, 0.25) is 10.0 Å². The van der Waals surface area contributed by atoms with E-state index in [0.29, 0.717) is 28.8 Å². The molecule has 1 N–H and O–H groups in total. The standard InChI is InChI=1S/C24H30Cl2N2O2S/c1-4-17(2)27-24(30)18(3)28(14-13-19-9-6-5-7-10-19)23(29)16-31-15-20-21(25)11-8-12-22(20)26/h5-12,17-18H,4,13-16H2,1-3H3,(H,27,30)/t17-,18+/m1/s1. The molecule has 0 fully saturated rings. The van der Waals surface area contributed by atoms with Crippen molar-refractivity contribution >= 4 is 46.8 Å². The molecule has 168 valence electrons. The first kappa shape index (κ1) is 25.6. The summed E-state index contributed by atoms with van der Waals surface area (Å²) in [6, 6.07) is 14.9. The molecule has 0 aliphatic carbocycles. The quantitative estimate of drug-likeness (QED) is 0.455. The molecular weight excluding hydrogens is 451 g/mol. The molecule has 0 aliphatic heterocycles. The smallest absolute Gasteiger partial charge is 0.242 e. The molecule has 0 radical (unpaired) electrons. The van der Waals surface area contributed by atoms with Crippen molar-refractivity contribution in [2.45, 2.75) is 51.4 Å². The van der Waals surface area contributed by atoms with E-state index in [2.05, 4.69) is 5.32 Å². The van der Waals surface area contributed by atoms with E-state index in [1.807, 2.05) is 44.2 Å². The van der Waals surface area contributed by atoms with Gasteiger partial charge in [0.1, 0.15) is 6.04 Å². The zero-order valence-corrected chi connectivity index (χ0v) is 20.6. The monoisotopic (exact) mass is 480 g/mol. The van der Waals surface area contributed by atoms with E-state index in [4.69, 9.17) is 23.2 Å². The Bertz CT molecular complexity index is 844. The van der Waals surface area contributed by atoms with Crippen LogP contribution in [-0.4, -0.2) is 41.1 Å². The van der Waals surface area contributed by atoms with Gasteiger partial charge in [-0.2, -0.15) is 0 Å². The normalized spacial score (nSPS) is 12.8. The van der Waals surface area contributed by atoms with Gasteiger partial charge in [-0.05, 0) is 49.9 Å². The number of hydrogen-bond acceptors (Lipinski definition) is 3. The highest BCUT2D eigenvalue weighted by Gasteiger charge is 2.26. The number of halogens is 2. The molecule has 0 saturated carbocycles. The number of hydrogen-bond donors (Lipinski definition) is 1. The maximum absolute atomic E-state index is 13.1. The zero-order chi connectivity index (χ0) is 22.8. The largest absolute Gasteiger partial charge is 0.352 e. The van der Waals surface area contributed by atoms with Crippen molar-refractivity contribution in [2.75, 3.05) is 12.3 Å². The third-order valence-corrected chi connectivity index (χ3v) is 6.84. The maximum atomic E-state index is 13.1. The predicted molar refractivity (Wildman–Crippen MR) is 132 cm³/mol. The van der Waals surface area contributed by atoms with Crippen molar-refractivity contribution in [3.05, 3.63) is 69.7 Å². The second-order valence-corrected chi connectivity index (χ2v) is 9.31. The molecule has 0 spiro atoms. The lowest BCUT2D eigenvalue weighted by atomic mass is 10.1. The summed E-state index contributed by atoms with van der Waals surface area (Å²) < 4.78 is 0. The lowest BCUT2D eigenvalue weighted by molar-refractivity contribution is -0.138. The highest BCUT2D eigenvalue weighted by Crippen LogP contribution is 2.28. The number of nitrogens with one attached hydrogen (secondary N) is 1. The molecule has 2 rings (SSSR count). The van der Waals surface area contributed by atoms with Crippen LogP contribution >= 0.6 is 35.0 Å². The molecule has 0 bridgehead atoms. The van der Waals surface area contributed by atoms with Gasteiger partial charge in [-0.1, -0.05) is 66.5 Å². The van der Waals surface area contributed by atoms with Crippen molar-refractivity contribution in [1.29, 1.82) is 0 Å². The lowest BCUT2D eigenvalue weighted by Crippen LogP contribution is -2.51. The summed E-state index contributed by atoms with van der Waals surface area (Å²) in [4.78, 5) is 27.5. The van der Waals surface area contributed by atoms with Gasteiger partial charge in [0.15, 0.2) is 0 Å². The number of amides is 2. The van der Waals surface area contributed by atoms with Crippen molar-refractivity contribution in [1.82, 2.24) is 10.2 Å². The first-order valence-corrected chi connectivity index (χ1v) is 12.4. The Labute approximate surface area is 199 Å². The van der Waals surface area contributed by atoms with Crippen LogP contribution in [0, 0.1) is 0 Å². The van der Waals surface area contributed by atoms with Gasteiger partial charge in [0.2, 0.25) is 11.8 Å². The average molecular weight is 481 g/mol. The van der Waals surface area contributed by atoms with E-state index in [0.717, 1.165) is 17.5 Å². The zero-order valence-electron chi connectivity index (χ0n) is 18.2. The second kappa shape index (κ2) is 13.0. The van der Waals surface area contributed by atoms with Crippen LogP contribution in [-0.2, 0) is 21.8 Å². The van der Waals surface area contributed by atoms with Gasteiger partial charge in [-0.15, -0.1) is 11.8 Å². The molecule has 2 aromatic rings. The minimum absolute atomic E-state index is 0.0674. The van der Waals surface area contributed by atoms with Gasteiger partial charge in [-0.25, -0.2) is 0 Å². The van der Waals surface area contributed by atoms with Gasteiger partial charge < -0.3 is 10.2 Å². The van der Waals surface area contributed by atoms with Crippen LogP contribution in [0.25, 0.3) is 0 Å². The van der Waals surface area contributed by atoms with E-state index in [1.165, 1.54) is 11.8 Å². The number of carbonyl (C=O) groups is 2. The second-order valence-electron chi connectivity index (χ2n) is 7.51. The van der Waals surface area contributed by atoms with Crippen LogP contribution < -0.4 is 5.32 Å². The number of benzene rings is 2. The number of nitrogens with zero attached hydrogens (tertiary/aromatic N) is 1. The molecular formula is C24H30Cl2N2O2S. The SMILES string of the molecule is CC[C@@H](C)NC(=O)[C@H](C)N(CCc1ccccc1)C(=O)CSCc1c(Cl)cccc1Cl. The summed E-state index contributed by atoms with van der Waals surface area (Å²) in [5, 5.41) is 4.17. The lowest BCUT2D eigenvalue weighted by Gasteiger charge is -2.29. The number of carbonyl (C=O) groups excluding carboxylic acids is 2. The molecule has 31 heavy (non-hydrogen) atoms. The summed E-state index contributed by atoms with van der Waals surface area (Å²) in [5.74, 6) is 0.576. The fourth-order valence-electron chi connectivity index (χ4n) is 3.03. The van der Waals surface area contributed by atoms with Crippen molar-refractivity contribution < 1.29 is 9.59 Å². The molecule has 0 aromatic heterocycles. The van der Waals surface area contributed by atoms with Crippen molar-refractivity contribution in [2.24, 2.45) is 0 Å². The third-order valence-electron chi connectivity index (χ3n) is 5.19. The minimum Gasteiger partial charge on any atom is -0.352 e. The summed E-state index contributed by atoms with van der Waals surface area (Å²) >= 11 is 13.9. The Balaban J connectivity index is 2.04. The molecule has 0 saturated heterocycles. The van der Waals surface area contributed by atoms with Crippen LogP contribution in [0.1, 0.15) is 38.3 Å². The summed E-state index contributed by atoms with van der Waals surface area (Å²) in [5.41, 5.74) is 1.95. The van der Waals surface area contributed by atoms with E-state index < -0.39 is 6.04 Å². The highest BCUT2D eigenvalue weighted by atomic mass is 35.5. The van der Waals surface area contributed by atoms with E-state index in [-0.39, 0.29) is 23.6 Å². The fraction of sp³-hybridized carbons (Fsp3) is 0.417. The molecule has 2 aromatic carbocycles. The Morgan fingerprint density at radius 1 is 1.03 bits per heavy atom. The van der Waals surface area contributed by atoms with Crippen molar-refractivity contribution in [3.63, 3.8) is 0 Å². The number of thioether (sulfide) groups is 1. The summed E-state index contributed by atoms with van der Waals surface area (Å²) in [6.07, 6.45) is 1.53. The Hall–Kier alpha value is -1.69. The average Bonchev–Trinajstić information content (AvgIpc) is 2.76. The Kier molecular flexibility index (Phi) is 10.7. The maximum Gasteiger partial charge on any atom is 0.242 e. The molecule has 2 amide bonds.